The van der Waals surface area contributed by atoms with Gasteiger partial charge in [-0.05, 0) is 6.92 Å². The van der Waals surface area contributed by atoms with Crippen molar-refractivity contribution in [3.05, 3.63) is 17.5 Å². The first kappa shape index (κ1) is 12.2. The monoisotopic (exact) mass is 215 g/mol. The summed E-state index contributed by atoms with van der Waals surface area (Å²) in [5.74, 6) is 0.796. The van der Waals surface area contributed by atoms with Crippen molar-refractivity contribution >= 4 is 0 Å². The Hall–Kier alpha value is -0.910. The molecule has 0 saturated heterocycles. The summed E-state index contributed by atoms with van der Waals surface area (Å²) in [4.78, 5) is 0. The van der Waals surface area contributed by atoms with Crippen LogP contribution in [0.5, 0.6) is 0 Å². The maximum atomic E-state index is 5.32. The Morgan fingerprint density at radius 3 is 2.60 bits per heavy atom. The molecule has 86 valence electrons. The van der Waals surface area contributed by atoms with Gasteiger partial charge in [0.1, 0.15) is 11.5 Å². The van der Waals surface area contributed by atoms with Gasteiger partial charge in [0.15, 0.2) is 0 Å². The third-order valence-electron chi connectivity index (χ3n) is 1.73. The Labute approximate surface area is 89.3 Å². The molecule has 0 aliphatic rings. The van der Waals surface area contributed by atoms with Gasteiger partial charge in [-0.2, -0.15) is 0 Å². The van der Waals surface area contributed by atoms with Crippen LogP contribution in [0, 0.1) is 6.92 Å². The first-order valence-electron chi connectivity index (χ1n) is 4.89. The molecule has 0 spiro atoms. The van der Waals surface area contributed by atoms with Crippen LogP contribution in [0.4, 0.5) is 0 Å². The van der Waals surface area contributed by atoms with Crippen molar-refractivity contribution in [1.29, 1.82) is 0 Å². The largest absolute Gasteiger partial charge is 0.382 e. The number of hydrogen-bond acceptors (Lipinski definition) is 5. The highest BCUT2D eigenvalue weighted by atomic mass is 16.5. The Bertz CT molecular complexity index is 262. The zero-order valence-corrected chi connectivity index (χ0v) is 9.19. The molecule has 0 aliphatic carbocycles. The summed E-state index contributed by atoms with van der Waals surface area (Å²) in [6.45, 7) is 4.65. The third-order valence-corrected chi connectivity index (χ3v) is 1.73. The average molecular weight is 215 g/mol. The fraction of sp³-hybridized carbons (Fsp3) is 0.700. The quantitative estimate of drug-likeness (QED) is 0.609. The van der Waals surface area contributed by atoms with Crippen LogP contribution in [0.3, 0.4) is 0 Å². The number of rotatable bonds is 8. The number of aryl methyl sites for hydroxylation is 1. The Kier molecular flexibility index (Phi) is 5.99. The lowest BCUT2D eigenvalue weighted by Gasteiger charge is -2.03. The second-order valence-corrected chi connectivity index (χ2v) is 3.09. The molecule has 0 fully saturated rings. The molecule has 1 rings (SSSR count). The summed E-state index contributed by atoms with van der Waals surface area (Å²) >= 11 is 0. The standard InChI is InChI=1S/C10H17NO4/c1-9-7-10(11-15-9)8-14-6-5-13-4-3-12-2/h7H,3-6,8H2,1-2H3. The van der Waals surface area contributed by atoms with Crippen molar-refractivity contribution in [2.24, 2.45) is 0 Å². The number of nitrogens with zero attached hydrogens (tertiary/aromatic N) is 1. The first-order valence-corrected chi connectivity index (χ1v) is 4.89. The number of aromatic nitrogens is 1. The molecule has 1 aromatic rings. The molecule has 0 unspecified atom stereocenters. The van der Waals surface area contributed by atoms with E-state index >= 15 is 0 Å². The van der Waals surface area contributed by atoms with E-state index < -0.39 is 0 Å². The minimum absolute atomic E-state index is 0.463. The predicted octanol–water partition coefficient (Wildman–Crippen LogP) is 1.16. The SMILES string of the molecule is COCCOCCOCc1cc(C)on1. The molecule has 1 heterocycles. The van der Waals surface area contributed by atoms with Crippen LogP contribution in [0.15, 0.2) is 10.6 Å². The van der Waals surface area contributed by atoms with E-state index in [9.17, 15) is 0 Å². The minimum Gasteiger partial charge on any atom is -0.382 e. The van der Waals surface area contributed by atoms with E-state index in [1.165, 1.54) is 0 Å². The smallest absolute Gasteiger partial charge is 0.134 e. The van der Waals surface area contributed by atoms with Gasteiger partial charge < -0.3 is 18.7 Å². The molecular formula is C10H17NO4. The van der Waals surface area contributed by atoms with Crippen LogP contribution in [0.25, 0.3) is 0 Å². The van der Waals surface area contributed by atoms with Crippen molar-refractivity contribution in [3.8, 4) is 0 Å². The van der Waals surface area contributed by atoms with Gasteiger partial charge >= 0.3 is 0 Å². The summed E-state index contributed by atoms with van der Waals surface area (Å²) in [7, 11) is 1.65. The number of hydrogen-bond donors (Lipinski definition) is 0. The predicted molar refractivity (Wildman–Crippen MR) is 53.6 cm³/mol. The van der Waals surface area contributed by atoms with Gasteiger partial charge in [-0.15, -0.1) is 0 Å². The maximum Gasteiger partial charge on any atom is 0.134 e. The van der Waals surface area contributed by atoms with Crippen molar-refractivity contribution in [3.63, 3.8) is 0 Å². The molecule has 0 amide bonds. The van der Waals surface area contributed by atoms with Gasteiger partial charge in [0.05, 0.1) is 33.0 Å². The number of methoxy groups -OCH3 is 1. The fourth-order valence-corrected chi connectivity index (χ4v) is 1.02. The maximum absolute atomic E-state index is 5.32. The topological polar surface area (TPSA) is 53.7 Å². The lowest BCUT2D eigenvalue weighted by atomic mass is 10.4. The molecule has 15 heavy (non-hydrogen) atoms. The van der Waals surface area contributed by atoms with E-state index in [0.717, 1.165) is 11.5 Å². The molecule has 0 radical (unpaired) electrons. The summed E-state index contributed by atoms with van der Waals surface area (Å²) in [5, 5.41) is 3.80. The third kappa shape index (κ3) is 5.51. The van der Waals surface area contributed by atoms with E-state index in [4.69, 9.17) is 18.7 Å². The van der Waals surface area contributed by atoms with Gasteiger partial charge in [-0.3, -0.25) is 0 Å². The lowest BCUT2D eigenvalue weighted by Crippen LogP contribution is -2.08. The normalized spacial score (nSPS) is 10.8. The molecule has 5 nitrogen and oxygen atoms in total. The van der Waals surface area contributed by atoms with Gasteiger partial charge in [-0.25, -0.2) is 0 Å². The van der Waals surface area contributed by atoms with E-state index in [0.29, 0.717) is 33.0 Å². The Morgan fingerprint density at radius 2 is 1.93 bits per heavy atom. The van der Waals surface area contributed by atoms with Gasteiger partial charge in [0, 0.05) is 13.2 Å². The average Bonchev–Trinajstić information content (AvgIpc) is 2.63. The summed E-state index contributed by atoms with van der Waals surface area (Å²) in [6, 6.07) is 1.85. The number of ether oxygens (including phenoxy) is 3. The van der Waals surface area contributed by atoms with Crippen molar-refractivity contribution in [2.45, 2.75) is 13.5 Å². The molecule has 0 atom stereocenters. The van der Waals surface area contributed by atoms with Crippen LogP contribution in [-0.2, 0) is 20.8 Å². The zero-order valence-electron chi connectivity index (χ0n) is 9.19. The van der Waals surface area contributed by atoms with E-state index in [-0.39, 0.29) is 0 Å². The highest BCUT2D eigenvalue weighted by Crippen LogP contribution is 2.02. The first-order chi connectivity index (χ1) is 7.33. The molecule has 5 heteroatoms. The van der Waals surface area contributed by atoms with Crippen molar-refractivity contribution < 1.29 is 18.7 Å². The van der Waals surface area contributed by atoms with E-state index in [1.54, 1.807) is 7.11 Å². The van der Waals surface area contributed by atoms with Crippen molar-refractivity contribution in [1.82, 2.24) is 5.16 Å². The molecule has 0 aromatic carbocycles. The minimum atomic E-state index is 0.463. The molecule has 0 bridgehead atoms. The molecule has 0 N–H and O–H groups in total. The second kappa shape index (κ2) is 7.39. The van der Waals surface area contributed by atoms with Crippen LogP contribution in [-0.4, -0.2) is 38.7 Å². The highest BCUT2D eigenvalue weighted by molar-refractivity contribution is 5.01. The van der Waals surface area contributed by atoms with Crippen molar-refractivity contribution in [2.75, 3.05) is 33.5 Å². The second-order valence-electron chi connectivity index (χ2n) is 3.09. The fourth-order valence-electron chi connectivity index (χ4n) is 1.02. The molecule has 0 saturated carbocycles. The molecule has 1 aromatic heterocycles. The summed E-state index contributed by atoms with van der Waals surface area (Å²) < 4.78 is 20.3. The van der Waals surface area contributed by atoms with E-state index in [1.807, 2.05) is 13.0 Å². The van der Waals surface area contributed by atoms with Crippen LogP contribution >= 0.6 is 0 Å². The summed E-state index contributed by atoms with van der Waals surface area (Å²) in [6.07, 6.45) is 0. The molecular weight excluding hydrogens is 198 g/mol. The van der Waals surface area contributed by atoms with Crippen LogP contribution in [0.2, 0.25) is 0 Å². The Balaban J connectivity index is 1.93. The van der Waals surface area contributed by atoms with Crippen LogP contribution < -0.4 is 0 Å². The zero-order chi connectivity index (χ0) is 10.9. The Morgan fingerprint density at radius 1 is 1.20 bits per heavy atom. The van der Waals surface area contributed by atoms with Gasteiger partial charge in [0.25, 0.3) is 0 Å². The highest BCUT2D eigenvalue weighted by Gasteiger charge is 1.99. The van der Waals surface area contributed by atoms with Gasteiger partial charge in [0.2, 0.25) is 0 Å². The van der Waals surface area contributed by atoms with Crippen LogP contribution in [0.1, 0.15) is 11.5 Å². The molecule has 0 aliphatic heterocycles. The summed E-state index contributed by atoms with van der Waals surface area (Å²) in [5.41, 5.74) is 0.810. The van der Waals surface area contributed by atoms with E-state index in [2.05, 4.69) is 5.16 Å². The van der Waals surface area contributed by atoms with Gasteiger partial charge in [-0.1, -0.05) is 5.16 Å². The lowest BCUT2D eigenvalue weighted by molar-refractivity contribution is 0.0187.